The molecule has 0 radical (unpaired) electrons. The molecule has 0 saturated heterocycles. The summed E-state index contributed by atoms with van der Waals surface area (Å²) in [5, 5.41) is 13.6. The molecule has 0 bridgehead atoms. The highest BCUT2D eigenvalue weighted by Crippen LogP contribution is 2.43. The molecule has 0 aromatic rings. The minimum absolute atomic E-state index is 0.0508. The van der Waals surface area contributed by atoms with Crippen molar-refractivity contribution in [3.8, 4) is 0 Å². The van der Waals surface area contributed by atoms with Crippen molar-refractivity contribution < 1.29 is 32.9 Å². The summed E-state index contributed by atoms with van der Waals surface area (Å²) in [6, 6.07) is -0.866. The van der Waals surface area contributed by atoms with E-state index in [0.717, 1.165) is 70.6 Å². The molecule has 0 aliphatic carbocycles. The van der Waals surface area contributed by atoms with Crippen molar-refractivity contribution in [3.05, 3.63) is 48.6 Å². The summed E-state index contributed by atoms with van der Waals surface area (Å²) in [5.41, 5.74) is 0. The van der Waals surface area contributed by atoms with Crippen LogP contribution in [-0.2, 0) is 18.4 Å². The van der Waals surface area contributed by atoms with E-state index in [-0.39, 0.29) is 19.1 Å². The smallest absolute Gasteiger partial charge is 0.387 e. The van der Waals surface area contributed by atoms with Crippen LogP contribution in [0.3, 0.4) is 0 Å². The summed E-state index contributed by atoms with van der Waals surface area (Å²) in [6.07, 6.45) is 33.4. The van der Waals surface area contributed by atoms with Gasteiger partial charge in [-0.2, -0.15) is 0 Å². The summed E-state index contributed by atoms with van der Waals surface area (Å²) in [6.45, 7) is 4.61. The maximum absolute atomic E-state index is 12.7. The van der Waals surface area contributed by atoms with Crippen molar-refractivity contribution in [2.45, 2.75) is 135 Å². The zero-order valence-electron chi connectivity index (χ0n) is 29.3. The van der Waals surface area contributed by atoms with Crippen LogP contribution < -0.4 is 5.32 Å². The molecule has 0 fully saturated rings. The van der Waals surface area contributed by atoms with Gasteiger partial charge >= 0.3 is 7.82 Å². The molecule has 0 heterocycles. The maximum Gasteiger partial charge on any atom is 0.472 e. The van der Waals surface area contributed by atoms with Gasteiger partial charge in [0.05, 0.1) is 39.9 Å². The van der Waals surface area contributed by atoms with E-state index in [4.69, 9.17) is 9.05 Å². The Hall–Kier alpha value is -1.54. The number of phosphoric ester groups is 1. The molecule has 0 saturated carbocycles. The lowest BCUT2D eigenvalue weighted by molar-refractivity contribution is -0.870. The standard InChI is InChI=1S/C36H67N2O6P/c1-6-8-10-12-14-15-16-17-18-19-20-21-22-24-26-28-30-36(40)37-34(35(39)29-27-25-23-13-11-9-7-2)33-44-45(41,42)43-32-31-38(3,4)5/h11,13,15-16,18-19,27,29,34-35,39H,6-10,12,14,17,20-26,28,30-33H2,1-5H3,(H-,37,40,41,42)/p+1/b13-11+,16-15-,19-18-,29-27+. The van der Waals surface area contributed by atoms with Gasteiger partial charge in [-0.05, 0) is 57.8 Å². The molecule has 3 N–H and O–H groups in total. The number of aliphatic hydroxyl groups is 1. The van der Waals surface area contributed by atoms with Gasteiger partial charge in [0.1, 0.15) is 13.2 Å². The maximum atomic E-state index is 12.7. The minimum atomic E-state index is -4.33. The highest BCUT2D eigenvalue weighted by molar-refractivity contribution is 7.47. The van der Waals surface area contributed by atoms with Crippen LogP contribution in [0.15, 0.2) is 48.6 Å². The van der Waals surface area contributed by atoms with Crippen LogP contribution in [0.1, 0.15) is 123 Å². The number of nitrogens with zero attached hydrogens (tertiary/aromatic N) is 1. The third-order valence-electron chi connectivity index (χ3n) is 7.25. The molecule has 0 aromatic carbocycles. The van der Waals surface area contributed by atoms with Crippen molar-refractivity contribution in [2.24, 2.45) is 0 Å². The number of quaternary nitrogens is 1. The molecule has 1 amide bonds. The lowest BCUT2D eigenvalue weighted by Gasteiger charge is -2.25. The Morgan fingerprint density at radius 3 is 1.98 bits per heavy atom. The number of hydrogen-bond acceptors (Lipinski definition) is 5. The number of carbonyl (C=O) groups excluding carboxylic acids is 1. The average molecular weight is 656 g/mol. The first-order valence-electron chi connectivity index (χ1n) is 17.5. The molecule has 0 aliphatic rings. The van der Waals surface area contributed by atoms with E-state index in [1.54, 1.807) is 6.08 Å². The SMILES string of the molecule is CCC/C=C/CC/C=C/C(O)C(COP(=O)(O)OCC[N+](C)(C)C)NC(=O)CCCCCCC/C=C\C/C=C\CCCCCC. The first-order valence-corrected chi connectivity index (χ1v) is 19.0. The normalized spacial score (nSPS) is 15.4. The van der Waals surface area contributed by atoms with Crippen LogP contribution >= 0.6 is 7.82 Å². The summed E-state index contributed by atoms with van der Waals surface area (Å²) in [7, 11) is 1.53. The van der Waals surface area contributed by atoms with Gasteiger partial charge in [-0.3, -0.25) is 13.8 Å². The monoisotopic (exact) mass is 655 g/mol. The second-order valence-corrected chi connectivity index (χ2v) is 14.3. The molecule has 0 spiro atoms. The van der Waals surface area contributed by atoms with E-state index < -0.39 is 20.0 Å². The molecule has 0 aromatic heterocycles. The molecule has 262 valence electrons. The quantitative estimate of drug-likeness (QED) is 0.0310. The molecule has 9 heteroatoms. The van der Waals surface area contributed by atoms with Crippen LogP contribution in [0.25, 0.3) is 0 Å². The van der Waals surface area contributed by atoms with Crippen LogP contribution in [-0.4, -0.2) is 73.4 Å². The van der Waals surface area contributed by atoms with Crippen LogP contribution in [0, 0.1) is 0 Å². The lowest BCUT2D eigenvalue weighted by Crippen LogP contribution is -2.45. The van der Waals surface area contributed by atoms with E-state index in [0.29, 0.717) is 17.4 Å². The van der Waals surface area contributed by atoms with Crippen molar-refractivity contribution in [1.29, 1.82) is 0 Å². The largest absolute Gasteiger partial charge is 0.472 e. The number of hydrogen-bond donors (Lipinski definition) is 3. The highest BCUT2D eigenvalue weighted by Gasteiger charge is 2.27. The number of phosphoric acid groups is 1. The van der Waals surface area contributed by atoms with Crippen LogP contribution in [0.2, 0.25) is 0 Å². The van der Waals surface area contributed by atoms with Gasteiger partial charge in [0.2, 0.25) is 5.91 Å². The van der Waals surface area contributed by atoms with Gasteiger partial charge in [0.15, 0.2) is 0 Å². The topological polar surface area (TPSA) is 105 Å². The van der Waals surface area contributed by atoms with Crippen molar-refractivity contribution >= 4 is 13.7 Å². The first kappa shape index (κ1) is 43.5. The molecule has 45 heavy (non-hydrogen) atoms. The van der Waals surface area contributed by atoms with Gasteiger partial charge in [-0.15, -0.1) is 0 Å². The minimum Gasteiger partial charge on any atom is -0.387 e. The Kier molecular flexibility index (Phi) is 27.7. The van der Waals surface area contributed by atoms with Crippen molar-refractivity contribution in [1.82, 2.24) is 5.32 Å². The van der Waals surface area contributed by atoms with E-state index in [1.165, 1.54) is 32.1 Å². The number of unbranched alkanes of at least 4 members (excludes halogenated alkanes) is 11. The molecule has 0 rings (SSSR count). The fourth-order valence-electron chi connectivity index (χ4n) is 4.38. The van der Waals surface area contributed by atoms with Crippen molar-refractivity contribution in [2.75, 3.05) is 40.9 Å². The number of rotatable bonds is 30. The fourth-order valence-corrected chi connectivity index (χ4v) is 5.12. The van der Waals surface area contributed by atoms with Gasteiger partial charge in [0.25, 0.3) is 0 Å². The molecular formula is C36H68N2O6P+. The van der Waals surface area contributed by atoms with Gasteiger partial charge in [0, 0.05) is 6.42 Å². The average Bonchev–Trinajstić information content (AvgIpc) is 2.97. The van der Waals surface area contributed by atoms with E-state index in [1.807, 2.05) is 27.2 Å². The third-order valence-corrected chi connectivity index (χ3v) is 8.24. The number of nitrogens with one attached hydrogen (secondary N) is 1. The Bertz CT molecular complexity index is 881. The van der Waals surface area contributed by atoms with Gasteiger partial charge in [-0.1, -0.05) is 107 Å². The first-order chi connectivity index (χ1) is 21.5. The Labute approximate surface area is 276 Å². The van der Waals surface area contributed by atoms with Crippen LogP contribution in [0.4, 0.5) is 0 Å². The number of amides is 1. The predicted octanol–water partition coefficient (Wildman–Crippen LogP) is 8.57. The second-order valence-electron chi connectivity index (χ2n) is 12.9. The summed E-state index contributed by atoms with van der Waals surface area (Å²) >= 11 is 0. The zero-order chi connectivity index (χ0) is 33.7. The number of likely N-dealkylation sites (N-methyl/N-ethyl adjacent to an activating group) is 1. The number of allylic oxidation sites excluding steroid dienone is 7. The lowest BCUT2D eigenvalue weighted by atomic mass is 10.1. The molecule has 3 atom stereocenters. The Balaban J connectivity index is 4.51. The predicted molar refractivity (Wildman–Crippen MR) is 189 cm³/mol. The Morgan fingerprint density at radius 1 is 0.756 bits per heavy atom. The highest BCUT2D eigenvalue weighted by atomic mass is 31.2. The van der Waals surface area contributed by atoms with Gasteiger partial charge < -0.3 is 19.8 Å². The molecular weight excluding hydrogens is 587 g/mol. The van der Waals surface area contributed by atoms with E-state index in [9.17, 15) is 19.4 Å². The molecule has 3 unspecified atom stereocenters. The van der Waals surface area contributed by atoms with E-state index >= 15 is 0 Å². The number of carbonyl (C=O) groups is 1. The second kappa shape index (κ2) is 28.7. The fraction of sp³-hybridized carbons (Fsp3) is 0.750. The summed E-state index contributed by atoms with van der Waals surface area (Å²) in [5.74, 6) is -0.210. The third kappa shape index (κ3) is 30.9. The summed E-state index contributed by atoms with van der Waals surface area (Å²) < 4.78 is 23.3. The Morgan fingerprint density at radius 2 is 1.33 bits per heavy atom. The van der Waals surface area contributed by atoms with Crippen LogP contribution in [0.5, 0.6) is 0 Å². The number of aliphatic hydroxyl groups excluding tert-OH is 1. The van der Waals surface area contributed by atoms with Crippen molar-refractivity contribution in [3.63, 3.8) is 0 Å². The molecule has 8 nitrogen and oxygen atoms in total. The van der Waals surface area contributed by atoms with E-state index in [2.05, 4.69) is 55.6 Å². The van der Waals surface area contributed by atoms with Gasteiger partial charge in [-0.25, -0.2) is 4.57 Å². The zero-order valence-corrected chi connectivity index (χ0v) is 30.2. The molecule has 0 aliphatic heterocycles. The summed E-state index contributed by atoms with van der Waals surface area (Å²) in [4.78, 5) is 22.8.